The van der Waals surface area contributed by atoms with Crippen LogP contribution in [0.1, 0.15) is 25.3 Å². The molecule has 86 valence electrons. The fourth-order valence-corrected chi connectivity index (χ4v) is 1.47. The van der Waals surface area contributed by atoms with Gasteiger partial charge in [-0.2, -0.15) is 5.26 Å². The van der Waals surface area contributed by atoms with E-state index in [0.717, 1.165) is 6.42 Å². The summed E-state index contributed by atoms with van der Waals surface area (Å²) in [6.45, 7) is 2.09. The molecule has 1 rings (SSSR count). The summed E-state index contributed by atoms with van der Waals surface area (Å²) in [5.74, 6) is -0.522. The Morgan fingerprint density at radius 1 is 1.56 bits per heavy atom. The fourth-order valence-electron chi connectivity index (χ4n) is 1.47. The summed E-state index contributed by atoms with van der Waals surface area (Å²) in [6.07, 6.45) is 1.47. The molecule has 3 nitrogen and oxygen atoms in total. The standard InChI is InChI=1S/C12H15FN2O/c1-2-10(5-6-16)15-11-4-3-9(8-14)12(13)7-11/h3-4,7,10,15-16H,2,5-6H2,1H3. The Morgan fingerprint density at radius 2 is 2.31 bits per heavy atom. The summed E-state index contributed by atoms with van der Waals surface area (Å²) in [5.41, 5.74) is 0.678. The monoisotopic (exact) mass is 222 g/mol. The van der Waals surface area contributed by atoms with Crippen LogP contribution < -0.4 is 5.32 Å². The van der Waals surface area contributed by atoms with Crippen molar-refractivity contribution in [2.24, 2.45) is 0 Å². The van der Waals surface area contributed by atoms with Crippen molar-refractivity contribution in [3.63, 3.8) is 0 Å². The second-order valence-electron chi connectivity index (χ2n) is 3.57. The van der Waals surface area contributed by atoms with Crippen LogP contribution in [-0.4, -0.2) is 17.8 Å². The van der Waals surface area contributed by atoms with Crippen LogP contribution in [0.5, 0.6) is 0 Å². The Kier molecular flexibility index (Phi) is 4.74. The molecule has 0 amide bonds. The van der Waals surface area contributed by atoms with Crippen molar-refractivity contribution < 1.29 is 9.50 Å². The van der Waals surface area contributed by atoms with Gasteiger partial charge in [0.2, 0.25) is 0 Å². The summed E-state index contributed by atoms with van der Waals surface area (Å²) in [4.78, 5) is 0. The minimum atomic E-state index is -0.522. The minimum Gasteiger partial charge on any atom is -0.396 e. The molecule has 0 aliphatic heterocycles. The summed E-state index contributed by atoms with van der Waals surface area (Å²) < 4.78 is 13.3. The minimum absolute atomic E-state index is 0.0424. The van der Waals surface area contributed by atoms with E-state index >= 15 is 0 Å². The van der Waals surface area contributed by atoms with Crippen molar-refractivity contribution in [3.05, 3.63) is 29.6 Å². The molecular formula is C12H15FN2O. The zero-order valence-electron chi connectivity index (χ0n) is 9.20. The number of nitrogens with zero attached hydrogens (tertiary/aromatic N) is 1. The van der Waals surface area contributed by atoms with Gasteiger partial charge in [0, 0.05) is 18.3 Å². The second-order valence-corrected chi connectivity index (χ2v) is 3.57. The third-order valence-corrected chi connectivity index (χ3v) is 2.43. The van der Waals surface area contributed by atoms with Gasteiger partial charge >= 0.3 is 0 Å². The third-order valence-electron chi connectivity index (χ3n) is 2.43. The molecule has 0 aliphatic rings. The highest BCUT2D eigenvalue weighted by molar-refractivity contribution is 5.48. The molecule has 1 atom stereocenters. The maximum Gasteiger partial charge on any atom is 0.143 e. The maximum absolute atomic E-state index is 13.3. The lowest BCUT2D eigenvalue weighted by molar-refractivity contribution is 0.278. The third kappa shape index (κ3) is 3.21. The van der Waals surface area contributed by atoms with Crippen LogP contribution >= 0.6 is 0 Å². The fraction of sp³-hybridized carbons (Fsp3) is 0.417. The van der Waals surface area contributed by atoms with E-state index in [1.165, 1.54) is 12.1 Å². The molecule has 0 fully saturated rings. The van der Waals surface area contributed by atoms with E-state index < -0.39 is 5.82 Å². The molecule has 1 unspecified atom stereocenters. The van der Waals surface area contributed by atoms with Gasteiger partial charge in [-0.1, -0.05) is 6.92 Å². The molecule has 0 radical (unpaired) electrons. The summed E-state index contributed by atoms with van der Waals surface area (Å²) >= 11 is 0. The van der Waals surface area contributed by atoms with Crippen molar-refractivity contribution in [2.75, 3.05) is 11.9 Å². The second kappa shape index (κ2) is 6.09. The molecule has 0 saturated heterocycles. The van der Waals surface area contributed by atoms with Crippen molar-refractivity contribution in [1.82, 2.24) is 0 Å². The lowest BCUT2D eigenvalue weighted by Gasteiger charge is -2.17. The number of rotatable bonds is 5. The molecule has 0 aromatic heterocycles. The van der Waals surface area contributed by atoms with E-state index in [2.05, 4.69) is 5.32 Å². The molecule has 16 heavy (non-hydrogen) atoms. The first-order valence-corrected chi connectivity index (χ1v) is 5.28. The van der Waals surface area contributed by atoms with Crippen LogP contribution in [0.2, 0.25) is 0 Å². The molecule has 0 bridgehead atoms. The topological polar surface area (TPSA) is 56.0 Å². The summed E-state index contributed by atoms with van der Waals surface area (Å²) in [6, 6.07) is 6.31. The SMILES string of the molecule is CCC(CCO)Nc1ccc(C#N)c(F)c1. The van der Waals surface area contributed by atoms with Gasteiger partial charge in [0.15, 0.2) is 0 Å². The first-order valence-electron chi connectivity index (χ1n) is 5.28. The molecule has 0 saturated carbocycles. The van der Waals surface area contributed by atoms with Gasteiger partial charge in [-0.05, 0) is 31.0 Å². The van der Waals surface area contributed by atoms with Gasteiger partial charge < -0.3 is 10.4 Å². The predicted molar refractivity (Wildman–Crippen MR) is 60.5 cm³/mol. The van der Waals surface area contributed by atoms with Crippen molar-refractivity contribution in [1.29, 1.82) is 5.26 Å². The number of aliphatic hydroxyl groups excluding tert-OH is 1. The van der Waals surface area contributed by atoms with Gasteiger partial charge in [-0.25, -0.2) is 4.39 Å². The highest BCUT2D eigenvalue weighted by atomic mass is 19.1. The van der Waals surface area contributed by atoms with E-state index in [1.807, 2.05) is 6.92 Å². The average molecular weight is 222 g/mol. The largest absolute Gasteiger partial charge is 0.396 e. The number of hydrogen-bond acceptors (Lipinski definition) is 3. The van der Waals surface area contributed by atoms with E-state index in [4.69, 9.17) is 10.4 Å². The lowest BCUT2D eigenvalue weighted by atomic mass is 10.1. The Balaban J connectivity index is 2.74. The van der Waals surface area contributed by atoms with Crippen LogP contribution in [0.4, 0.5) is 10.1 Å². The zero-order chi connectivity index (χ0) is 12.0. The Labute approximate surface area is 94.5 Å². The Morgan fingerprint density at radius 3 is 2.81 bits per heavy atom. The lowest BCUT2D eigenvalue weighted by Crippen LogP contribution is -2.19. The van der Waals surface area contributed by atoms with Crippen LogP contribution in [-0.2, 0) is 0 Å². The van der Waals surface area contributed by atoms with Gasteiger partial charge in [0.1, 0.15) is 11.9 Å². The maximum atomic E-state index is 13.3. The highest BCUT2D eigenvalue weighted by Gasteiger charge is 2.07. The summed E-state index contributed by atoms with van der Waals surface area (Å²) in [7, 11) is 0. The molecule has 2 N–H and O–H groups in total. The molecular weight excluding hydrogens is 207 g/mol. The molecule has 1 aromatic carbocycles. The smallest absolute Gasteiger partial charge is 0.143 e. The highest BCUT2D eigenvalue weighted by Crippen LogP contribution is 2.16. The number of nitriles is 1. The van der Waals surface area contributed by atoms with E-state index in [1.54, 1.807) is 12.1 Å². The van der Waals surface area contributed by atoms with Crippen LogP contribution in [0.3, 0.4) is 0 Å². The number of hydrogen-bond donors (Lipinski definition) is 2. The van der Waals surface area contributed by atoms with Gasteiger partial charge in [-0.15, -0.1) is 0 Å². The number of halogens is 1. The molecule has 0 aliphatic carbocycles. The quantitative estimate of drug-likeness (QED) is 0.803. The molecule has 0 heterocycles. The van der Waals surface area contributed by atoms with Crippen molar-refractivity contribution in [3.8, 4) is 6.07 Å². The average Bonchev–Trinajstić information content (AvgIpc) is 2.28. The van der Waals surface area contributed by atoms with Crippen LogP contribution in [0.25, 0.3) is 0 Å². The number of anilines is 1. The Hall–Kier alpha value is -1.60. The number of aliphatic hydroxyl groups is 1. The zero-order valence-corrected chi connectivity index (χ0v) is 9.20. The van der Waals surface area contributed by atoms with Gasteiger partial charge in [0.25, 0.3) is 0 Å². The molecule has 0 spiro atoms. The number of nitrogens with one attached hydrogen (secondary N) is 1. The van der Waals surface area contributed by atoms with Crippen LogP contribution in [0, 0.1) is 17.1 Å². The van der Waals surface area contributed by atoms with E-state index in [9.17, 15) is 4.39 Å². The van der Waals surface area contributed by atoms with E-state index in [-0.39, 0.29) is 18.2 Å². The van der Waals surface area contributed by atoms with Crippen LogP contribution in [0.15, 0.2) is 18.2 Å². The van der Waals surface area contributed by atoms with Gasteiger partial charge in [0.05, 0.1) is 5.56 Å². The van der Waals surface area contributed by atoms with Gasteiger partial charge in [-0.3, -0.25) is 0 Å². The Bertz CT molecular complexity index is 387. The van der Waals surface area contributed by atoms with E-state index in [0.29, 0.717) is 12.1 Å². The first kappa shape index (κ1) is 12.5. The predicted octanol–water partition coefficient (Wildman–Crippen LogP) is 2.27. The molecule has 4 heteroatoms. The van der Waals surface area contributed by atoms with Crippen molar-refractivity contribution >= 4 is 5.69 Å². The number of benzene rings is 1. The summed E-state index contributed by atoms with van der Waals surface area (Å²) in [5, 5.41) is 20.5. The first-order chi connectivity index (χ1) is 7.71. The normalized spacial score (nSPS) is 11.9. The molecule has 1 aromatic rings. The van der Waals surface area contributed by atoms with Crippen molar-refractivity contribution in [2.45, 2.75) is 25.8 Å².